The number of amides is 1. The van der Waals surface area contributed by atoms with Crippen molar-refractivity contribution >= 4 is 21.9 Å². The van der Waals surface area contributed by atoms with Gasteiger partial charge in [-0.1, -0.05) is 0 Å². The van der Waals surface area contributed by atoms with E-state index >= 15 is 0 Å². The highest BCUT2D eigenvalue weighted by molar-refractivity contribution is 7.89. The Hall–Kier alpha value is -1.61. The summed E-state index contributed by atoms with van der Waals surface area (Å²) >= 11 is 0. The topological polar surface area (TPSA) is 119 Å². The Morgan fingerprint density at radius 3 is 2.65 bits per heavy atom. The fourth-order valence-corrected chi connectivity index (χ4v) is 2.67. The maximum atomic E-state index is 11.7. The zero-order valence-corrected chi connectivity index (χ0v) is 9.67. The average molecular weight is 257 g/mol. The van der Waals surface area contributed by atoms with E-state index in [4.69, 9.17) is 5.14 Å². The number of anilines is 1. The van der Waals surface area contributed by atoms with Gasteiger partial charge in [-0.05, 0) is 0 Å². The molecule has 0 aliphatic carbocycles. The van der Waals surface area contributed by atoms with Gasteiger partial charge in [-0.2, -0.15) is 0 Å². The number of sulfonamides is 1. The minimum Gasteiger partial charge on any atom is -0.280 e. The summed E-state index contributed by atoms with van der Waals surface area (Å²) in [5, 5.41) is 4.95. The van der Waals surface area contributed by atoms with Gasteiger partial charge in [0.05, 0.1) is 5.75 Å². The first kappa shape index (κ1) is 11.9. The van der Waals surface area contributed by atoms with E-state index in [2.05, 4.69) is 15.0 Å². The van der Waals surface area contributed by atoms with Crippen LogP contribution in [-0.4, -0.2) is 41.6 Å². The summed E-state index contributed by atoms with van der Waals surface area (Å²) in [5.74, 6) is -0.485. The molecule has 17 heavy (non-hydrogen) atoms. The van der Waals surface area contributed by atoms with Gasteiger partial charge in [0.25, 0.3) is 0 Å². The lowest BCUT2D eigenvalue weighted by molar-refractivity contribution is -0.117. The van der Waals surface area contributed by atoms with Crippen LogP contribution in [0.2, 0.25) is 0 Å². The van der Waals surface area contributed by atoms with E-state index in [-0.39, 0.29) is 36.5 Å². The number of carbonyl (C=O) groups excluding carboxylic acids is 1. The minimum atomic E-state index is -3.57. The first-order valence-electron chi connectivity index (χ1n) is 4.88. The summed E-state index contributed by atoms with van der Waals surface area (Å²) in [6.45, 7) is 0.263. The molecule has 0 bridgehead atoms. The number of hydrogen-bond acceptors (Lipinski definition) is 6. The SMILES string of the molecule is NS(=O)(=O)CC1CC(=O)N(c2ncncn2)C1. The van der Waals surface area contributed by atoms with E-state index in [0.29, 0.717) is 0 Å². The molecule has 0 spiro atoms. The third-order valence-electron chi connectivity index (χ3n) is 2.39. The van der Waals surface area contributed by atoms with Gasteiger partial charge < -0.3 is 0 Å². The second-order valence-corrected chi connectivity index (χ2v) is 5.50. The van der Waals surface area contributed by atoms with E-state index in [1.807, 2.05) is 0 Å². The summed E-state index contributed by atoms with van der Waals surface area (Å²) in [6, 6.07) is 0. The minimum absolute atomic E-state index is 0.141. The molecule has 1 atom stereocenters. The number of rotatable bonds is 3. The van der Waals surface area contributed by atoms with Crippen molar-refractivity contribution in [2.45, 2.75) is 6.42 Å². The third-order valence-corrected chi connectivity index (χ3v) is 3.33. The predicted molar refractivity (Wildman–Crippen MR) is 58.3 cm³/mol. The molecule has 2 heterocycles. The number of nitrogens with two attached hydrogens (primary N) is 1. The highest BCUT2D eigenvalue weighted by atomic mass is 32.2. The molecule has 9 heteroatoms. The quantitative estimate of drug-likeness (QED) is 0.704. The van der Waals surface area contributed by atoms with Crippen LogP contribution in [0.4, 0.5) is 5.95 Å². The number of hydrogen-bond donors (Lipinski definition) is 1. The molecule has 2 N–H and O–H groups in total. The van der Waals surface area contributed by atoms with Crippen molar-refractivity contribution in [1.29, 1.82) is 0 Å². The zero-order valence-electron chi connectivity index (χ0n) is 8.85. The Morgan fingerprint density at radius 1 is 1.41 bits per heavy atom. The van der Waals surface area contributed by atoms with E-state index in [1.54, 1.807) is 0 Å². The summed E-state index contributed by atoms with van der Waals surface area (Å²) in [4.78, 5) is 24.3. The number of nitrogens with zero attached hydrogens (tertiary/aromatic N) is 4. The Bertz CT molecular complexity index is 517. The van der Waals surface area contributed by atoms with Crippen molar-refractivity contribution in [2.75, 3.05) is 17.2 Å². The molecular formula is C8H11N5O3S. The van der Waals surface area contributed by atoms with Crippen molar-refractivity contribution < 1.29 is 13.2 Å². The summed E-state index contributed by atoms with van der Waals surface area (Å²) in [5.41, 5.74) is 0. The van der Waals surface area contributed by atoms with Gasteiger partial charge in [0, 0.05) is 18.9 Å². The van der Waals surface area contributed by atoms with Crippen molar-refractivity contribution in [3.8, 4) is 0 Å². The molecule has 1 aliphatic rings. The highest BCUT2D eigenvalue weighted by Crippen LogP contribution is 2.22. The van der Waals surface area contributed by atoms with Gasteiger partial charge in [-0.3, -0.25) is 9.69 Å². The maximum absolute atomic E-state index is 11.7. The van der Waals surface area contributed by atoms with Gasteiger partial charge in [0.1, 0.15) is 12.7 Å². The summed E-state index contributed by atoms with van der Waals surface area (Å²) < 4.78 is 21.9. The number of aromatic nitrogens is 3. The maximum Gasteiger partial charge on any atom is 0.235 e. The van der Waals surface area contributed by atoms with Crippen LogP contribution in [0.1, 0.15) is 6.42 Å². The summed E-state index contributed by atoms with van der Waals surface area (Å²) in [7, 11) is -3.57. The zero-order chi connectivity index (χ0) is 12.5. The lowest BCUT2D eigenvalue weighted by Gasteiger charge is -2.13. The van der Waals surface area contributed by atoms with Crippen molar-refractivity contribution in [3.05, 3.63) is 12.7 Å². The van der Waals surface area contributed by atoms with E-state index in [1.165, 1.54) is 17.6 Å². The lowest BCUT2D eigenvalue weighted by Crippen LogP contribution is -2.28. The Balaban J connectivity index is 2.11. The normalized spacial score (nSPS) is 20.9. The molecular weight excluding hydrogens is 246 g/mol. The standard InChI is InChI=1S/C8H11N5O3S/c9-17(15,16)3-6-1-7(14)13(2-6)8-11-4-10-5-12-8/h4-6H,1-3H2,(H2,9,15,16). The Labute approximate surface area is 97.9 Å². The van der Waals surface area contributed by atoms with E-state index in [0.717, 1.165) is 0 Å². The monoisotopic (exact) mass is 257 g/mol. The van der Waals surface area contributed by atoms with Crippen LogP contribution in [0, 0.1) is 5.92 Å². The predicted octanol–water partition coefficient (Wildman–Crippen LogP) is -1.49. The number of carbonyl (C=O) groups is 1. The van der Waals surface area contributed by atoms with Gasteiger partial charge in [-0.15, -0.1) is 0 Å². The lowest BCUT2D eigenvalue weighted by atomic mass is 10.1. The third kappa shape index (κ3) is 2.94. The molecule has 0 saturated carbocycles. The fraction of sp³-hybridized carbons (Fsp3) is 0.500. The molecule has 1 unspecified atom stereocenters. The van der Waals surface area contributed by atoms with Crippen LogP contribution in [0.5, 0.6) is 0 Å². The van der Waals surface area contributed by atoms with Crippen LogP contribution in [0.25, 0.3) is 0 Å². The molecule has 2 rings (SSSR count). The van der Waals surface area contributed by atoms with Crippen molar-refractivity contribution in [1.82, 2.24) is 15.0 Å². The molecule has 0 radical (unpaired) electrons. The summed E-state index contributed by atoms with van der Waals surface area (Å²) in [6.07, 6.45) is 2.70. The molecule has 1 aromatic rings. The van der Waals surface area contributed by atoms with Gasteiger partial charge in [0.15, 0.2) is 0 Å². The van der Waals surface area contributed by atoms with Gasteiger partial charge >= 0.3 is 0 Å². The molecule has 8 nitrogen and oxygen atoms in total. The van der Waals surface area contributed by atoms with Crippen molar-refractivity contribution in [3.63, 3.8) is 0 Å². The molecule has 1 aromatic heterocycles. The molecule has 1 fully saturated rings. The molecule has 1 aliphatic heterocycles. The molecule has 92 valence electrons. The van der Waals surface area contributed by atoms with Crippen LogP contribution < -0.4 is 10.0 Å². The largest absolute Gasteiger partial charge is 0.280 e. The first-order valence-corrected chi connectivity index (χ1v) is 6.60. The second-order valence-electron chi connectivity index (χ2n) is 3.84. The van der Waals surface area contributed by atoms with Gasteiger partial charge in [-0.25, -0.2) is 28.5 Å². The van der Waals surface area contributed by atoms with Crippen LogP contribution >= 0.6 is 0 Å². The van der Waals surface area contributed by atoms with Crippen LogP contribution in [0.3, 0.4) is 0 Å². The van der Waals surface area contributed by atoms with E-state index in [9.17, 15) is 13.2 Å². The van der Waals surface area contributed by atoms with E-state index < -0.39 is 10.0 Å². The van der Waals surface area contributed by atoms with Gasteiger partial charge in [0.2, 0.25) is 21.9 Å². The first-order chi connectivity index (χ1) is 7.96. The fourth-order valence-electron chi connectivity index (χ4n) is 1.79. The molecule has 0 aromatic carbocycles. The Morgan fingerprint density at radius 2 is 2.06 bits per heavy atom. The van der Waals surface area contributed by atoms with Crippen LogP contribution in [-0.2, 0) is 14.8 Å². The Kier molecular flexibility index (Phi) is 3.03. The second kappa shape index (κ2) is 4.34. The molecule has 1 saturated heterocycles. The number of primary sulfonamides is 1. The van der Waals surface area contributed by atoms with Crippen LogP contribution in [0.15, 0.2) is 12.7 Å². The average Bonchev–Trinajstić information content (AvgIpc) is 2.58. The smallest absolute Gasteiger partial charge is 0.235 e. The highest BCUT2D eigenvalue weighted by Gasteiger charge is 2.34. The molecule has 1 amide bonds. The van der Waals surface area contributed by atoms with Crippen molar-refractivity contribution in [2.24, 2.45) is 11.1 Å².